The molecule has 1 N–H and O–H groups in total. The Balaban J connectivity index is 3.68. The van der Waals surface area contributed by atoms with E-state index in [1.54, 1.807) is 0 Å². The van der Waals surface area contributed by atoms with Gasteiger partial charge in [0.25, 0.3) is 0 Å². The zero-order valence-corrected chi connectivity index (χ0v) is 8.09. The lowest BCUT2D eigenvalue weighted by atomic mass is 9.93. The maximum Gasteiger partial charge on any atom is 0.0459 e. The lowest BCUT2D eigenvalue weighted by Crippen LogP contribution is -2.11. The molecule has 0 aromatic rings. The first-order valence-corrected chi connectivity index (χ1v) is 4.32. The van der Waals surface area contributed by atoms with Gasteiger partial charge in [0.1, 0.15) is 0 Å². The summed E-state index contributed by atoms with van der Waals surface area (Å²) in [5.41, 5.74) is 1.36. The molecular weight excluding hydrogens is 136 g/mol. The molecule has 0 spiro atoms. The average Bonchev–Trinajstić information content (AvgIpc) is 1.98. The minimum Gasteiger partial charge on any atom is -0.396 e. The number of rotatable bonds is 4. The third-order valence-corrected chi connectivity index (χ3v) is 2.16. The molecule has 11 heavy (non-hydrogen) atoms. The zero-order valence-electron chi connectivity index (χ0n) is 8.09. The summed E-state index contributed by atoms with van der Waals surface area (Å²) in [4.78, 5) is 0. The van der Waals surface area contributed by atoms with Crippen molar-refractivity contribution in [2.75, 3.05) is 6.61 Å². The molecule has 66 valence electrons. The molecular formula is C10H20O. The Bertz CT molecular complexity index is 123. The highest BCUT2D eigenvalue weighted by Gasteiger charge is 2.08. The number of aliphatic hydroxyl groups is 1. The summed E-state index contributed by atoms with van der Waals surface area (Å²) in [6.07, 6.45) is 3.32. The van der Waals surface area contributed by atoms with Gasteiger partial charge in [0.2, 0.25) is 0 Å². The first-order valence-electron chi connectivity index (χ1n) is 4.32. The fourth-order valence-corrected chi connectivity index (χ4v) is 0.834. The molecule has 0 aliphatic rings. The molecule has 0 saturated carbocycles. The van der Waals surface area contributed by atoms with Crippen molar-refractivity contribution in [2.24, 2.45) is 11.8 Å². The van der Waals surface area contributed by atoms with Gasteiger partial charge in [0.05, 0.1) is 0 Å². The molecule has 0 aliphatic carbocycles. The molecule has 1 heteroatoms. The second kappa shape index (κ2) is 5.36. The third-order valence-electron chi connectivity index (χ3n) is 2.16. The Morgan fingerprint density at radius 2 is 1.82 bits per heavy atom. The fraction of sp³-hybridized carbons (Fsp3) is 0.800. The Hall–Kier alpha value is -0.300. The van der Waals surface area contributed by atoms with Crippen LogP contribution >= 0.6 is 0 Å². The summed E-state index contributed by atoms with van der Waals surface area (Å²) in [7, 11) is 0. The van der Waals surface area contributed by atoms with Crippen LogP contribution in [0.3, 0.4) is 0 Å². The van der Waals surface area contributed by atoms with Crippen molar-refractivity contribution in [1.29, 1.82) is 0 Å². The van der Waals surface area contributed by atoms with Crippen LogP contribution in [0, 0.1) is 11.8 Å². The van der Waals surface area contributed by atoms with E-state index in [-0.39, 0.29) is 0 Å². The summed E-state index contributed by atoms with van der Waals surface area (Å²) < 4.78 is 0. The van der Waals surface area contributed by atoms with Crippen molar-refractivity contribution in [3.05, 3.63) is 11.6 Å². The van der Waals surface area contributed by atoms with Gasteiger partial charge in [0, 0.05) is 6.61 Å². The van der Waals surface area contributed by atoms with Crippen LogP contribution in [0.2, 0.25) is 0 Å². The molecule has 0 amide bonds. The quantitative estimate of drug-likeness (QED) is 0.620. The van der Waals surface area contributed by atoms with Gasteiger partial charge < -0.3 is 5.11 Å². The van der Waals surface area contributed by atoms with Crippen LogP contribution in [-0.2, 0) is 0 Å². The Morgan fingerprint density at radius 1 is 1.27 bits per heavy atom. The van der Waals surface area contributed by atoms with Gasteiger partial charge in [-0.25, -0.2) is 0 Å². The fourth-order valence-electron chi connectivity index (χ4n) is 0.834. The predicted octanol–water partition coefficient (Wildman–Crippen LogP) is 2.61. The van der Waals surface area contributed by atoms with Gasteiger partial charge in [0.15, 0.2) is 0 Å². The molecule has 0 aromatic heterocycles. The first-order chi connectivity index (χ1) is 5.07. The van der Waals surface area contributed by atoms with Crippen molar-refractivity contribution < 1.29 is 5.11 Å². The third kappa shape index (κ3) is 5.02. The predicted molar refractivity (Wildman–Crippen MR) is 49.5 cm³/mol. The maximum absolute atomic E-state index is 8.85. The SMILES string of the molecule is CC(C)=CC[C@H](C)[C@H](C)CO. The molecule has 0 radical (unpaired) electrons. The molecule has 0 bridgehead atoms. The molecule has 2 atom stereocenters. The summed E-state index contributed by atoms with van der Waals surface area (Å²) >= 11 is 0. The minimum atomic E-state index is 0.303. The molecule has 0 unspecified atom stereocenters. The van der Waals surface area contributed by atoms with Crippen LogP contribution in [0.5, 0.6) is 0 Å². The Kier molecular flexibility index (Phi) is 5.22. The summed E-state index contributed by atoms with van der Waals surface area (Å²) in [5, 5.41) is 8.85. The van der Waals surface area contributed by atoms with E-state index >= 15 is 0 Å². The molecule has 0 aliphatic heterocycles. The largest absolute Gasteiger partial charge is 0.396 e. The Labute approximate surface area is 70.1 Å². The van der Waals surface area contributed by atoms with E-state index in [2.05, 4.69) is 33.8 Å². The van der Waals surface area contributed by atoms with Crippen molar-refractivity contribution in [2.45, 2.75) is 34.1 Å². The second-order valence-corrected chi connectivity index (χ2v) is 3.65. The van der Waals surface area contributed by atoms with E-state index in [0.29, 0.717) is 18.4 Å². The van der Waals surface area contributed by atoms with Crippen molar-refractivity contribution >= 4 is 0 Å². The molecule has 0 rings (SSSR count). The molecule has 0 saturated heterocycles. The van der Waals surface area contributed by atoms with Gasteiger partial charge in [-0.1, -0.05) is 25.5 Å². The van der Waals surface area contributed by atoms with E-state index < -0.39 is 0 Å². The van der Waals surface area contributed by atoms with E-state index in [9.17, 15) is 0 Å². The molecule has 0 heterocycles. The van der Waals surface area contributed by atoms with Gasteiger partial charge >= 0.3 is 0 Å². The van der Waals surface area contributed by atoms with Crippen LogP contribution < -0.4 is 0 Å². The van der Waals surface area contributed by atoms with Crippen LogP contribution in [0.1, 0.15) is 34.1 Å². The van der Waals surface area contributed by atoms with Gasteiger partial charge in [-0.2, -0.15) is 0 Å². The van der Waals surface area contributed by atoms with Crippen LogP contribution in [0.15, 0.2) is 11.6 Å². The zero-order chi connectivity index (χ0) is 8.85. The number of hydrogen-bond donors (Lipinski definition) is 1. The smallest absolute Gasteiger partial charge is 0.0459 e. The van der Waals surface area contributed by atoms with E-state index in [0.717, 1.165) is 6.42 Å². The van der Waals surface area contributed by atoms with Crippen LogP contribution in [-0.4, -0.2) is 11.7 Å². The summed E-state index contributed by atoms with van der Waals surface area (Å²) in [6, 6.07) is 0. The van der Waals surface area contributed by atoms with E-state index in [4.69, 9.17) is 5.11 Å². The monoisotopic (exact) mass is 156 g/mol. The lowest BCUT2D eigenvalue weighted by Gasteiger charge is -2.15. The normalized spacial score (nSPS) is 15.7. The maximum atomic E-state index is 8.85. The van der Waals surface area contributed by atoms with Crippen molar-refractivity contribution in [3.63, 3.8) is 0 Å². The van der Waals surface area contributed by atoms with Crippen LogP contribution in [0.25, 0.3) is 0 Å². The Morgan fingerprint density at radius 3 is 2.18 bits per heavy atom. The van der Waals surface area contributed by atoms with Crippen molar-refractivity contribution in [1.82, 2.24) is 0 Å². The van der Waals surface area contributed by atoms with Crippen molar-refractivity contribution in [3.8, 4) is 0 Å². The topological polar surface area (TPSA) is 20.2 Å². The number of aliphatic hydroxyl groups excluding tert-OH is 1. The summed E-state index contributed by atoms with van der Waals surface area (Å²) in [5.74, 6) is 1.01. The van der Waals surface area contributed by atoms with Gasteiger partial charge in [-0.3, -0.25) is 0 Å². The standard InChI is InChI=1S/C10H20O/c1-8(2)5-6-9(3)10(4)7-11/h5,9-11H,6-7H2,1-4H3/t9-,10+/m0/s1. The average molecular weight is 156 g/mol. The minimum absolute atomic E-state index is 0.303. The highest BCUT2D eigenvalue weighted by atomic mass is 16.3. The highest BCUT2D eigenvalue weighted by Crippen LogP contribution is 2.15. The first kappa shape index (κ1) is 10.7. The van der Waals surface area contributed by atoms with Gasteiger partial charge in [-0.15, -0.1) is 0 Å². The number of hydrogen-bond acceptors (Lipinski definition) is 1. The lowest BCUT2D eigenvalue weighted by molar-refractivity contribution is 0.196. The molecule has 1 nitrogen and oxygen atoms in total. The van der Waals surface area contributed by atoms with Gasteiger partial charge in [-0.05, 0) is 32.1 Å². The van der Waals surface area contributed by atoms with E-state index in [1.807, 2.05) is 0 Å². The molecule has 0 aromatic carbocycles. The molecule has 0 fully saturated rings. The highest BCUT2D eigenvalue weighted by molar-refractivity contribution is 4.93. The number of allylic oxidation sites excluding steroid dienone is 2. The second-order valence-electron chi connectivity index (χ2n) is 3.65. The summed E-state index contributed by atoms with van der Waals surface area (Å²) in [6.45, 7) is 8.79. The van der Waals surface area contributed by atoms with Crippen LogP contribution in [0.4, 0.5) is 0 Å². The van der Waals surface area contributed by atoms with E-state index in [1.165, 1.54) is 5.57 Å².